The summed E-state index contributed by atoms with van der Waals surface area (Å²) in [5.74, 6) is 1.74. The lowest BCUT2D eigenvalue weighted by atomic mass is 10.2. The number of carbonyl (C=O) groups is 1. The second kappa shape index (κ2) is 6.10. The normalized spacial score (nSPS) is 19.0. The van der Waals surface area contributed by atoms with Crippen LogP contribution in [0.1, 0.15) is 5.56 Å². The molecule has 1 saturated heterocycles. The maximum Gasteiger partial charge on any atom is 0.242 e. The number of halogens is 1. The first-order valence-electron chi connectivity index (χ1n) is 5.52. The van der Waals surface area contributed by atoms with Crippen molar-refractivity contribution < 1.29 is 4.79 Å². The van der Waals surface area contributed by atoms with E-state index >= 15 is 0 Å². The van der Waals surface area contributed by atoms with Crippen molar-refractivity contribution in [3.8, 4) is 6.07 Å². The molecule has 2 rings (SSSR count). The molecule has 2 N–H and O–H groups in total. The van der Waals surface area contributed by atoms with Gasteiger partial charge in [-0.05, 0) is 18.2 Å². The summed E-state index contributed by atoms with van der Waals surface area (Å²) in [7, 11) is 0. The predicted octanol–water partition coefficient (Wildman–Crippen LogP) is 1.86. The molecule has 1 aromatic carbocycles. The van der Waals surface area contributed by atoms with E-state index in [0.717, 1.165) is 18.1 Å². The van der Waals surface area contributed by atoms with Crippen LogP contribution in [0.3, 0.4) is 0 Å². The Balaban J connectivity index is 2.02. The molecular weight excluding hydrogens is 270 g/mol. The second-order valence-electron chi connectivity index (χ2n) is 3.88. The minimum atomic E-state index is -0.168. The van der Waals surface area contributed by atoms with Gasteiger partial charge < -0.3 is 10.6 Å². The smallest absolute Gasteiger partial charge is 0.242 e. The lowest BCUT2D eigenvalue weighted by Crippen LogP contribution is -2.46. The zero-order valence-corrected chi connectivity index (χ0v) is 11.1. The minimum Gasteiger partial charge on any atom is -0.325 e. The highest BCUT2D eigenvalue weighted by molar-refractivity contribution is 7.99. The maximum atomic E-state index is 11.9. The fraction of sp³-hybridized carbons (Fsp3) is 0.333. The third-order valence-corrected chi connectivity index (χ3v) is 3.97. The van der Waals surface area contributed by atoms with Crippen molar-refractivity contribution in [2.24, 2.45) is 0 Å². The molecule has 0 spiro atoms. The number of benzene rings is 1. The van der Waals surface area contributed by atoms with Gasteiger partial charge in [-0.15, -0.1) is 0 Å². The summed E-state index contributed by atoms with van der Waals surface area (Å²) in [5, 5.41) is 15.1. The van der Waals surface area contributed by atoms with Gasteiger partial charge in [-0.25, -0.2) is 0 Å². The Hall–Kier alpha value is -1.22. The molecule has 0 aromatic heterocycles. The number of nitriles is 1. The van der Waals surface area contributed by atoms with E-state index in [1.165, 1.54) is 0 Å². The first-order chi connectivity index (χ1) is 8.70. The molecule has 1 aliphatic rings. The third kappa shape index (κ3) is 3.16. The molecule has 18 heavy (non-hydrogen) atoms. The van der Waals surface area contributed by atoms with Gasteiger partial charge in [-0.3, -0.25) is 4.79 Å². The molecular formula is C12H12ClN3OS. The fourth-order valence-electron chi connectivity index (χ4n) is 1.65. The van der Waals surface area contributed by atoms with Crippen LogP contribution in [0, 0.1) is 11.3 Å². The van der Waals surface area contributed by atoms with E-state index in [1.807, 2.05) is 6.07 Å². The van der Waals surface area contributed by atoms with Gasteiger partial charge >= 0.3 is 0 Å². The fourth-order valence-corrected chi connectivity index (χ4v) is 2.80. The standard InChI is InChI=1S/C12H12ClN3OS/c13-10-5-9(2-1-8(10)6-14)16-12(17)11-7-18-4-3-15-11/h1-2,5,11,15H,3-4,7H2,(H,16,17). The van der Waals surface area contributed by atoms with E-state index in [1.54, 1.807) is 30.0 Å². The van der Waals surface area contributed by atoms with Crippen molar-refractivity contribution in [1.29, 1.82) is 5.26 Å². The number of thioether (sulfide) groups is 1. The first kappa shape index (κ1) is 13.2. The van der Waals surface area contributed by atoms with Crippen LogP contribution in [-0.2, 0) is 4.79 Å². The highest BCUT2D eigenvalue weighted by Gasteiger charge is 2.20. The number of nitrogens with zero attached hydrogens (tertiary/aromatic N) is 1. The number of rotatable bonds is 2. The van der Waals surface area contributed by atoms with E-state index in [2.05, 4.69) is 10.6 Å². The summed E-state index contributed by atoms with van der Waals surface area (Å²) in [4.78, 5) is 11.9. The number of hydrogen-bond donors (Lipinski definition) is 2. The van der Waals surface area contributed by atoms with Crippen LogP contribution >= 0.6 is 23.4 Å². The van der Waals surface area contributed by atoms with Crippen molar-refractivity contribution in [2.45, 2.75) is 6.04 Å². The number of nitrogens with one attached hydrogen (secondary N) is 2. The van der Waals surface area contributed by atoms with Gasteiger partial charge in [-0.1, -0.05) is 11.6 Å². The van der Waals surface area contributed by atoms with Crippen molar-refractivity contribution in [2.75, 3.05) is 23.4 Å². The summed E-state index contributed by atoms with van der Waals surface area (Å²) in [6.07, 6.45) is 0. The van der Waals surface area contributed by atoms with Crippen LogP contribution in [0.2, 0.25) is 5.02 Å². The van der Waals surface area contributed by atoms with Gasteiger partial charge in [0.15, 0.2) is 0 Å². The predicted molar refractivity (Wildman–Crippen MR) is 73.9 cm³/mol. The molecule has 1 fully saturated rings. The molecule has 1 aliphatic heterocycles. The van der Waals surface area contributed by atoms with E-state index in [-0.39, 0.29) is 11.9 Å². The Bertz CT molecular complexity index is 495. The molecule has 4 nitrogen and oxygen atoms in total. The first-order valence-corrected chi connectivity index (χ1v) is 7.05. The van der Waals surface area contributed by atoms with Crippen molar-refractivity contribution in [3.63, 3.8) is 0 Å². The molecule has 1 aromatic rings. The minimum absolute atomic E-state index is 0.0667. The Kier molecular flexibility index (Phi) is 4.48. The Labute approximate surface area is 115 Å². The van der Waals surface area contributed by atoms with E-state index in [0.29, 0.717) is 16.3 Å². The third-order valence-electron chi connectivity index (χ3n) is 2.60. The average molecular weight is 282 g/mol. The molecule has 1 atom stereocenters. The zero-order chi connectivity index (χ0) is 13.0. The monoisotopic (exact) mass is 281 g/mol. The Morgan fingerprint density at radius 1 is 1.61 bits per heavy atom. The highest BCUT2D eigenvalue weighted by atomic mass is 35.5. The lowest BCUT2D eigenvalue weighted by Gasteiger charge is -2.22. The van der Waals surface area contributed by atoms with Crippen LogP contribution in [0.5, 0.6) is 0 Å². The molecule has 94 valence electrons. The molecule has 0 bridgehead atoms. The zero-order valence-electron chi connectivity index (χ0n) is 9.57. The lowest BCUT2D eigenvalue weighted by molar-refractivity contribution is -0.117. The summed E-state index contributed by atoms with van der Waals surface area (Å²) in [6.45, 7) is 0.844. The summed E-state index contributed by atoms with van der Waals surface area (Å²) < 4.78 is 0. The molecule has 1 unspecified atom stereocenters. The molecule has 0 radical (unpaired) electrons. The van der Waals surface area contributed by atoms with Gasteiger partial charge in [0, 0.05) is 23.7 Å². The van der Waals surface area contributed by atoms with Crippen LogP contribution < -0.4 is 10.6 Å². The molecule has 0 aliphatic carbocycles. The molecule has 0 saturated carbocycles. The van der Waals surface area contributed by atoms with Gasteiger partial charge in [0.2, 0.25) is 5.91 Å². The number of anilines is 1. The highest BCUT2D eigenvalue weighted by Crippen LogP contribution is 2.20. The van der Waals surface area contributed by atoms with Crippen LogP contribution in [0.25, 0.3) is 0 Å². The quantitative estimate of drug-likeness (QED) is 0.868. The molecule has 1 amide bonds. The molecule has 1 heterocycles. The summed E-state index contributed by atoms with van der Waals surface area (Å²) in [6, 6.07) is 6.68. The van der Waals surface area contributed by atoms with Crippen molar-refractivity contribution in [3.05, 3.63) is 28.8 Å². The van der Waals surface area contributed by atoms with E-state index in [4.69, 9.17) is 16.9 Å². The van der Waals surface area contributed by atoms with E-state index < -0.39 is 0 Å². The SMILES string of the molecule is N#Cc1ccc(NC(=O)C2CSCCN2)cc1Cl. The van der Waals surface area contributed by atoms with E-state index in [9.17, 15) is 4.79 Å². The summed E-state index contributed by atoms with van der Waals surface area (Å²) in [5.41, 5.74) is 1.02. The maximum absolute atomic E-state index is 11.9. The largest absolute Gasteiger partial charge is 0.325 e. The van der Waals surface area contributed by atoms with Crippen molar-refractivity contribution >= 4 is 35.0 Å². The van der Waals surface area contributed by atoms with Crippen LogP contribution in [-0.4, -0.2) is 30.0 Å². The van der Waals surface area contributed by atoms with Gasteiger partial charge in [0.1, 0.15) is 6.07 Å². The van der Waals surface area contributed by atoms with Gasteiger partial charge in [0.05, 0.1) is 16.6 Å². The van der Waals surface area contributed by atoms with Crippen molar-refractivity contribution in [1.82, 2.24) is 5.32 Å². The second-order valence-corrected chi connectivity index (χ2v) is 5.43. The van der Waals surface area contributed by atoms with Gasteiger partial charge in [0.25, 0.3) is 0 Å². The number of hydrogen-bond acceptors (Lipinski definition) is 4. The number of amides is 1. The average Bonchev–Trinajstić information content (AvgIpc) is 2.40. The van der Waals surface area contributed by atoms with Crippen LogP contribution in [0.4, 0.5) is 5.69 Å². The Morgan fingerprint density at radius 3 is 3.06 bits per heavy atom. The number of carbonyl (C=O) groups excluding carboxylic acids is 1. The Morgan fingerprint density at radius 2 is 2.44 bits per heavy atom. The topological polar surface area (TPSA) is 64.9 Å². The summed E-state index contributed by atoms with van der Waals surface area (Å²) >= 11 is 7.66. The molecule has 6 heteroatoms. The van der Waals surface area contributed by atoms with Gasteiger partial charge in [-0.2, -0.15) is 17.0 Å². The van der Waals surface area contributed by atoms with Crippen LogP contribution in [0.15, 0.2) is 18.2 Å².